The third-order valence-corrected chi connectivity index (χ3v) is 7.07. The molecule has 2 aromatic heterocycles. The highest BCUT2D eigenvalue weighted by Crippen LogP contribution is 2.36. The molecule has 0 fully saturated rings. The maximum atomic E-state index is 13.6. The molecule has 0 saturated heterocycles. The van der Waals surface area contributed by atoms with E-state index < -0.39 is 28.6 Å². The van der Waals surface area contributed by atoms with Crippen LogP contribution in [0.25, 0.3) is 6.08 Å². The zero-order valence-electron chi connectivity index (χ0n) is 25.8. The van der Waals surface area contributed by atoms with Crippen LogP contribution in [0.4, 0.5) is 33.7 Å². The molecule has 0 aliphatic heterocycles. The van der Waals surface area contributed by atoms with Crippen LogP contribution in [0, 0.1) is 5.82 Å². The van der Waals surface area contributed by atoms with Crippen molar-refractivity contribution in [2.24, 2.45) is 0 Å². The molecule has 0 spiro atoms. The summed E-state index contributed by atoms with van der Waals surface area (Å²) in [4.78, 5) is 44.7. The molecule has 2 heterocycles. The monoisotopic (exact) mass is 698 g/mol. The zero-order valence-corrected chi connectivity index (χ0v) is 26.6. The maximum Gasteiger partial charge on any atom is 0.417 e. The summed E-state index contributed by atoms with van der Waals surface area (Å²) < 4.78 is 58.6. The minimum Gasteiger partial charge on any atom is -0.457 e. The summed E-state index contributed by atoms with van der Waals surface area (Å²) in [6.45, 7) is 0.899. The van der Waals surface area contributed by atoms with Gasteiger partial charge in [-0.3, -0.25) is 19.6 Å². The van der Waals surface area contributed by atoms with Crippen LogP contribution in [-0.2, 0) is 11.0 Å². The van der Waals surface area contributed by atoms with Gasteiger partial charge >= 0.3 is 12.2 Å². The molecule has 4 N–H and O–H groups in total. The number of halogens is 5. The van der Waals surface area contributed by atoms with Crippen LogP contribution in [0.1, 0.15) is 47.3 Å². The van der Waals surface area contributed by atoms with E-state index in [1.807, 2.05) is 0 Å². The number of carbonyl (C=O) groups is 3. The van der Waals surface area contributed by atoms with E-state index >= 15 is 0 Å². The molecule has 0 aliphatic rings. The number of carbonyl (C=O) groups excluding carboxylic acids is 3. The standard InChI is InChI=1S/C34H31ClF4N6O4/c35-28-11-8-24(19-27(28)34(37,38)39)45-33(48)44-23-6-9-25(10-7-23)49-26-13-18-41-30(20-26)32(47)43-16-4-2-1-3-15-42-31(46)12-5-22-21-40-17-14-29(22)36/h5-14,17-21H,1-4,15-16H2,(H,42,46)(H,43,47)(H2,44,45,48)/b12-5+. The van der Waals surface area contributed by atoms with Crippen LogP contribution in [0.3, 0.4) is 0 Å². The number of rotatable bonds is 14. The molecule has 4 amide bonds. The second-order valence-corrected chi connectivity index (χ2v) is 10.9. The van der Waals surface area contributed by atoms with E-state index in [1.54, 1.807) is 18.2 Å². The van der Waals surface area contributed by atoms with Crippen molar-refractivity contribution in [3.63, 3.8) is 0 Å². The summed E-state index contributed by atoms with van der Waals surface area (Å²) in [5.74, 6) is -0.408. The molecule has 0 radical (unpaired) electrons. The summed E-state index contributed by atoms with van der Waals surface area (Å²) in [5.41, 5.74) is -0.414. The molecule has 0 unspecified atom stereocenters. The summed E-state index contributed by atoms with van der Waals surface area (Å²) in [6.07, 6.45) is 5.19. The molecule has 256 valence electrons. The average Bonchev–Trinajstić information content (AvgIpc) is 3.07. The number of hydrogen-bond acceptors (Lipinski definition) is 6. The Morgan fingerprint density at radius 3 is 2.22 bits per heavy atom. The smallest absolute Gasteiger partial charge is 0.417 e. The van der Waals surface area contributed by atoms with Crippen molar-refractivity contribution in [3.05, 3.63) is 113 Å². The fraction of sp³-hybridized carbons (Fsp3) is 0.206. The number of alkyl halides is 3. The van der Waals surface area contributed by atoms with Gasteiger partial charge < -0.3 is 26.0 Å². The van der Waals surface area contributed by atoms with E-state index in [9.17, 15) is 31.9 Å². The Labute approximate surface area is 283 Å². The molecule has 2 aromatic carbocycles. The van der Waals surface area contributed by atoms with E-state index in [2.05, 4.69) is 31.2 Å². The lowest BCUT2D eigenvalue weighted by Gasteiger charge is -2.12. The number of hydrogen-bond donors (Lipinski definition) is 4. The first-order valence-electron chi connectivity index (χ1n) is 15.0. The molecule has 4 rings (SSSR count). The van der Waals surface area contributed by atoms with E-state index in [-0.39, 0.29) is 28.8 Å². The molecule has 15 heteroatoms. The number of nitrogens with zero attached hydrogens (tertiary/aromatic N) is 2. The van der Waals surface area contributed by atoms with Crippen molar-refractivity contribution in [1.29, 1.82) is 0 Å². The van der Waals surface area contributed by atoms with Gasteiger partial charge in [-0.2, -0.15) is 13.2 Å². The van der Waals surface area contributed by atoms with Crippen molar-refractivity contribution in [1.82, 2.24) is 20.6 Å². The van der Waals surface area contributed by atoms with Crippen LogP contribution >= 0.6 is 11.6 Å². The van der Waals surface area contributed by atoms with Crippen LogP contribution in [0.2, 0.25) is 5.02 Å². The SMILES string of the molecule is O=C(/C=C/c1cnccc1F)NCCCCCCNC(=O)c1cc(Oc2ccc(NC(=O)Nc3ccc(Cl)c(C(F)(F)F)c3)cc2)ccn1. The molecule has 49 heavy (non-hydrogen) atoms. The Balaban J connectivity index is 1.14. The average molecular weight is 699 g/mol. The van der Waals surface area contributed by atoms with Crippen molar-refractivity contribution in [2.45, 2.75) is 31.9 Å². The number of anilines is 2. The Bertz CT molecular complexity index is 1790. The van der Waals surface area contributed by atoms with Gasteiger partial charge in [-0.15, -0.1) is 0 Å². The highest BCUT2D eigenvalue weighted by atomic mass is 35.5. The third kappa shape index (κ3) is 11.9. The minimum absolute atomic E-state index is 0.0862. The topological polar surface area (TPSA) is 134 Å². The van der Waals surface area contributed by atoms with Crippen molar-refractivity contribution in [2.75, 3.05) is 23.7 Å². The van der Waals surface area contributed by atoms with E-state index in [0.717, 1.165) is 37.8 Å². The van der Waals surface area contributed by atoms with Gasteiger partial charge in [-0.25, -0.2) is 9.18 Å². The lowest BCUT2D eigenvalue weighted by Crippen LogP contribution is -2.25. The molecule has 0 saturated carbocycles. The predicted molar refractivity (Wildman–Crippen MR) is 177 cm³/mol. The van der Waals surface area contributed by atoms with Gasteiger partial charge in [0.15, 0.2) is 0 Å². The maximum absolute atomic E-state index is 13.6. The predicted octanol–water partition coefficient (Wildman–Crippen LogP) is 7.84. The molecular weight excluding hydrogens is 668 g/mol. The summed E-state index contributed by atoms with van der Waals surface area (Å²) in [6, 6.07) is 12.7. The number of amides is 4. The lowest BCUT2D eigenvalue weighted by molar-refractivity contribution is -0.137. The molecular formula is C34H31ClF4N6O4. The summed E-state index contributed by atoms with van der Waals surface area (Å²) in [5, 5.41) is 9.93. The third-order valence-electron chi connectivity index (χ3n) is 6.74. The number of pyridine rings is 2. The number of ether oxygens (including phenoxy) is 1. The van der Waals surface area contributed by atoms with Crippen LogP contribution < -0.4 is 26.0 Å². The largest absolute Gasteiger partial charge is 0.457 e. The summed E-state index contributed by atoms with van der Waals surface area (Å²) in [7, 11) is 0. The molecule has 0 atom stereocenters. The quantitative estimate of drug-likeness (QED) is 0.0602. The van der Waals surface area contributed by atoms with Gasteiger partial charge in [0.1, 0.15) is 23.0 Å². The first kappa shape index (κ1) is 36.3. The fourth-order valence-corrected chi connectivity index (χ4v) is 4.52. The highest BCUT2D eigenvalue weighted by Gasteiger charge is 2.33. The van der Waals surface area contributed by atoms with Crippen LogP contribution in [0.5, 0.6) is 11.5 Å². The van der Waals surface area contributed by atoms with Gasteiger partial charge in [0.2, 0.25) is 5.91 Å². The lowest BCUT2D eigenvalue weighted by atomic mass is 10.2. The normalized spacial score (nSPS) is 11.2. The minimum atomic E-state index is -4.67. The number of benzene rings is 2. The van der Waals surface area contributed by atoms with Gasteiger partial charge in [0.05, 0.1) is 10.6 Å². The zero-order chi connectivity index (χ0) is 35.2. The van der Waals surface area contributed by atoms with Crippen molar-refractivity contribution >= 4 is 46.9 Å². The van der Waals surface area contributed by atoms with E-state index in [4.69, 9.17) is 16.3 Å². The molecule has 0 bridgehead atoms. The van der Waals surface area contributed by atoms with Crippen molar-refractivity contribution < 1.29 is 36.7 Å². The van der Waals surface area contributed by atoms with Crippen LogP contribution in [-0.4, -0.2) is 40.9 Å². The summed E-state index contributed by atoms with van der Waals surface area (Å²) >= 11 is 5.61. The Hall–Kier alpha value is -5.50. The molecule has 0 aliphatic carbocycles. The second kappa shape index (κ2) is 17.6. The highest BCUT2D eigenvalue weighted by molar-refractivity contribution is 6.31. The van der Waals surface area contributed by atoms with E-state index in [1.165, 1.54) is 61.1 Å². The molecule has 10 nitrogen and oxygen atoms in total. The van der Waals surface area contributed by atoms with Gasteiger partial charge in [0, 0.05) is 60.8 Å². The Kier molecular flexibility index (Phi) is 13.0. The fourth-order valence-electron chi connectivity index (χ4n) is 4.30. The Morgan fingerprint density at radius 1 is 0.816 bits per heavy atom. The number of unbranched alkanes of at least 4 members (excludes halogenated alkanes) is 3. The van der Waals surface area contributed by atoms with Gasteiger partial charge in [0.25, 0.3) is 5.91 Å². The first-order valence-corrected chi connectivity index (χ1v) is 15.4. The van der Waals surface area contributed by atoms with Crippen molar-refractivity contribution in [3.8, 4) is 11.5 Å². The number of aromatic nitrogens is 2. The Morgan fingerprint density at radius 2 is 1.51 bits per heavy atom. The first-order chi connectivity index (χ1) is 23.5. The van der Waals surface area contributed by atoms with E-state index in [0.29, 0.717) is 30.3 Å². The van der Waals surface area contributed by atoms with Crippen LogP contribution in [0.15, 0.2) is 85.3 Å². The molecule has 4 aromatic rings. The number of urea groups is 1. The van der Waals surface area contributed by atoms with Gasteiger partial charge in [-0.1, -0.05) is 24.4 Å². The van der Waals surface area contributed by atoms with Gasteiger partial charge in [-0.05, 0) is 73.5 Å². The number of nitrogens with one attached hydrogen (secondary N) is 4. The second-order valence-electron chi connectivity index (χ2n) is 10.5.